The first-order valence-electron chi connectivity index (χ1n) is 7.04. The molecular weight excluding hydrogens is 302 g/mol. The van der Waals surface area contributed by atoms with Crippen LogP contribution in [0.1, 0.15) is 25.1 Å². The molecule has 0 unspecified atom stereocenters. The molecule has 2 aromatic heterocycles. The van der Waals surface area contributed by atoms with Crippen LogP contribution in [0.25, 0.3) is 10.2 Å². The third-order valence-corrected chi connectivity index (χ3v) is 5.63. The van der Waals surface area contributed by atoms with Gasteiger partial charge < -0.3 is 10.3 Å². The number of anilines is 1. The van der Waals surface area contributed by atoms with E-state index < -0.39 is 0 Å². The Morgan fingerprint density at radius 2 is 2.14 bits per heavy atom. The van der Waals surface area contributed by atoms with Gasteiger partial charge in [0.1, 0.15) is 11.3 Å². The van der Waals surface area contributed by atoms with Crippen molar-refractivity contribution in [1.29, 1.82) is 0 Å². The quantitative estimate of drug-likeness (QED) is 0.734. The lowest BCUT2D eigenvalue weighted by molar-refractivity contribution is 0.591. The van der Waals surface area contributed by atoms with E-state index in [0.717, 1.165) is 44.7 Å². The first-order valence-corrected chi connectivity index (χ1v) is 8.74. The number of nitrogen functional groups attached to an aromatic ring is 1. The van der Waals surface area contributed by atoms with E-state index in [1.165, 1.54) is 19.3 Å². The molecule has 0 radical (unpaired) electrons. The Bertz CT molecular complexity index is 792. The van der Waals surface area contributed by atoms with Crippen molar-refractivity contribution in [3.8, 4) is 0 Å². The van der Waals surface area contributed by atoms with Crippen molar-refractivity contribution in [1.82, 2.24) is 19.7 Å². The van der Waals surface area contributed by atoms with Crippen molar-refractivity contribution >= 4 is 39.0 Å². The Balaban J connectivity index is 1.71. The normalized spacial score (nSPS) is 15.0. The number of aromatic nitrogens is 4. The predicted octanol–water partition coefficient (Wildman–Crippen LogP) is 3.35. The molecule has 7 heteroatoms. The molecule has 2 N–H and O–H groups in total. The summed E-state index contributed by atoms with van der Waals surface area (Å²) in [6.45, 7) is 1.00. The van der Waals surface area contributed by atoms with E-state index in [1.807, 2.05) is 5.51 Å². The molecule has 0 fully saturated rings. The van der Waals surface area contributed by atoms with Crippen LogP contribution < -0.4 is 5.73 Å². The summed E-state index contributed by atoms with van der Waals surface area (Å²) in [7, 11) is 0. The topological polar surface area (TPSA) is 69.6 Å². The Morgan fingerprint density at radius 3 is 3.10 bits per heavy atom. The zero-order valence-electron chi connectivity index (χ0n) is 11.5. The molecule has 21 heavy (non-hydrogen) atoms. The van der Waals surface area contributed by atoms with Gasteiger partial charge in [-0.05, 0) is 36.7 Å². The number of nitrogens with two attached hydrogens (primary N) is 1. The summed E-state index contributed by atoms with van der Waals surface area (Å²) in [5, 5.41) is 9.62. The molecule has 4 rings (SSSR count). The van der Waals surface area contributed by atoms with Gasteiger partial charge in [0, 0.05) is 17.9 Å². The van der Waals surface area contributed by atoms with Crippen LogP contribution in [-0.4, -0.2) is 19.7 Å². The second-order valence-electron chi connectivity index (χ2n) is 5.14. The molecule has 108 valence electrons. The third kappa shape index (κ3) is 2.30. The van der Waals surface area contributed by atoms with Crippen LogP contribution in [0.5, 0.6) is 0 Å². The molecule has 0 saturated heterocycles. The Labute approximate surface area is 130 Å². The number of fused-ring (bicyclic) bond motifs is 2. The van der Waals surface area contributed by atoms with Crippen LogP contribution in [-0.2, 0) is 13.0 Å². The fraction of sp³-hybridized carbons (Fsp3) is 0.357. The number of nitrogens with zero attached hydrogens (tertiary/aromatic N) is 4. The SMILES string of the molecule is Nc1c(Sc2nnc3n2CCCCC3)ccc2scnc12. The molecule has 3 heterocycles. The van der Waals surface area contributed by atoms with Gasteiger partial charge in [-0.2, -0.15) is 0 Å². The fourth-order valence-corrected chi connectivity index (χ4v) is 4.28. The van der Waals surface area contributed by atoms with E-state index in [0.29, 0.717) is 0 Å². The zero-order chi connectivity index (χ0) is 14.2. The zero-order valence-corrected chi connectivity index (χ0v) is 13.1. The van der Waals surface area contributed by atoms with Crippen molar-refractivity contribution < 1.29 is 0 Å². The van der Waals surface area contributed by atoms with Crippen molar-refractivity contribution in [2.75, 3.05) is 5.73 Å². The number of benzene rings is 1. The minimum Gasteiger partial charge on any atom is -0.396 e. The highest BCUT2D eigenvalue weighted by Crippen LogP contribution is 2.36. The highest BCUT2D eigenvalue weighted by molar-refractivity contribution is 7.99. The molecule has 0 spiro atoms. The highest BCUT2D eigenvalue weighted by atomic mass is 32.2. The van der Waals surface area contributed by atoms with Gasteiger partial charge in [-0.1, -0.05) is 6.42 Å². The summed E-state index contributed by atoms with van der Waals surface area (Å²) >= 11 is 3.20. The first-order chi connectivity index (χ1) is 10.3. The van der Waals surface area contributed by atoms with Gasteiger partial charge in [0.05, 0.1) is 15.9 Å². The lowest BCUT2D eigenvalue weighted by Crippen LogP contribution is -2.02. The van der Waals surface area contributed by atoms with Crippen LogP contribution in [0.15, 0.2) is 27.7 Å². The number of aryl methyl sites for hydroxylation is 1. The van der Waals surface area contributed by atoms with Crippen molar-refractivity contribution in [3.63, 3.8) is 0 Å². The van der Waals surface area contributed by atoms with Gasteiger partial charge in [-0.15, -0.1) is 21.5 Å². The Hall–Kier alpha value is -1.60. The Morgan fingerprint density at radius 1 is 1.19 bits per heavy atom. The average molecular weight is 317 g/mol. The van der Waals surface area contributed by atoms with Crippen molar-refractivity contribution in [2.24, 2.45) is 0 Å². The van der Waals surface area contributed by atoms with Crippen LogP contribution >= 0.6 is 23.1 Å². The summed E-state index contributed by atoms with van der Waals surface area (Å²) in [6.07, 6.45) is 4.68. The minimum absolute atomic E-state index is 0.740. The molecular formula is C14H15N5S2. The largest absolute Gasteiger partial charge is 0.396 e. The fourth-order valence-electron chi connectivity index (χ4n) is 2.65. The summed E-state index contributed by atoms with van der Waals surface area (Å²) in [4.78, 5) is 5.36. The van der Waals surface area contributed by atoms with E-state index in [4.69, 9.17) is 5.73 Å². The molecule has 0 amide bonds. The van der Waals surface area contributed by atoms with Crippen LogP contribution in [0.2, 0.25) is 0 Å². The summed E-state index contributed by atoms with van der Waals surface area (Å²) in [5.41, 5.74) is 9.71. The van der Waals surface area contributed by atoms with Gasteiger partial charge in [-0.25, -0.2) is 4.98 Å². The van der Waals surface area contributed by atoms with Gasteiger partial charge in [-0.3, -0.25) is 0 Å². The van der Waals surface area contributed by atoms with Crippen LogP contribution in [0.4, 0.5) is 5.69 Å². The smallest absolute Gasteiger partial charge is 0.196 e. The Kier molecular flexibility index (Phi) is 3.31. The lowest BCUT2D eigenvalue weighted by Gasteiger charge is -2.08. The summed E-state index contributed by atoms with van der Waals surface area (Å²) in [6, 6.07) is 4.13. The molecule has 3 aromatic rings. The number of hydrogen-bond donors (Lipinski definition) is 1. The number of thiazole rings is 1. The first kappa shape index (κ1) is 13.1. The van der Waals surface area contributed by atoms with E-state index in [1.54, 1.807) is 23.1 Å². The van der Waals surface area contributed by atoms with E-state index in [2.05, 4.69) is 31.9 Å². The molecule has 0 aliphatic carbocycles. The maximum absolute atomic E-state index is 6.25. The van der Waals surface area contributed by atoms with Gasteiger partial charge in [0.2, 0.25) is 0 Å². The maximum atomic E-state index is 6.25. The van der Waals surface area contributed by atoms with E-state index >= 15 is 0 Å². The molecule has 1 aliphatic heterocycles. The average Bonchev–Trinajstić information content (AvgIpc) is 3.04. The summed E-state index contributed by atoms with van der Waals surface area (Å²) < 4.78 is 3.36. The third-order valence-electron chi connectivity index (χ3n) is 3.78. The van der Waals surface area contributed by atoms with Gasteiger partial charge >= 0.3 is 0 Å². The van der Waals surface area contributed by atoms with E-state index in [9.17, 15) is 0 Å². The highest BCUT2D eigenvalue weighted by Gasteiger charge is 2.17. The lowest BCUT2D eigenvalue weighted by atomic mass is 10.2. The second-order valence-corrected chi connectivity index (χ2v) is 7.04. The van der Waals surface area contributed by atoms with Gasteiger partial charge in [0.15, 0.2) is 5.16 Å². The predicted molar refractivity (Wildman–Crippen MR) is 85.7 cm³/mol. The number of rotatable bonds is 2. The summed E-state index contributed by atoms with van der Waals surface area (Å²) in [5.74, 6) is 1.10. The van der Waals surface area contributed by atoms with Crippen molar-refractivity contribution in [3.05, 3.63) is 23.5 Å². The van der Waals surface area contributed by atoms with Crippen LogP contribution in [0, 0.1) is 0 Å². The standard InChI is InChI=1S/C14H15N5S2/c15-12-9(5-6-10-13(12)16-8-20-10)21-14-18-17-11-4-2-1-3-7-19(11)14/h5-6,8H,1-4,7,15H2. The molecule has 1 aromatic carbocycles. The second kappa shape index (κ2) is 5.31. The molecule has 5 nitrogen and oxygen atoms in total. The van der Waals surface area contributed by atoms with Crippen molar-refractivity contribution in [2.45, 2.75) is 42.3 Å². The molecule has 0 atom stereocenters. The van der Waals surface area contributed by atoms with Gasteiger partial charge in [0.25, 0.3) is 0 Å². The monoisotopic (exact) mass is 317 g/mol. The van der Waals surface area contributed by atoms with E-state index in [-0.39, 0.29) is 0 Å². The molecule has 0 bridgehead atoms. The molecule has 1 aliphatic rings. The van der Waals surface area contributed by atoms with Crippen LogP contribution in [0.3, 0.4) is 0 Å². The minimum atomic E-state index is 0.740. The molecule has 0 saturated carbocycles. The number of hydrogen-bond acceptors (Lipinski definition) is 6. The maximum Gasteiger partial charge on any atom is 0.196 e.